The Morgan fingerprint density at radius 3 is 2.29 bits per heavy atom. The SMILES string of the molecule is CCCCNCC=C(C)c1ccc(-c2ccccc2)cc1. The van der Waals surface area contributed by atoms with Crippen molar-refractivity contribution in [1.29, 1.82) is 0 Å². The summed E-state index contributed by atoms with van der Waals surface area (Å²) in [5.41, 5.74) is 5.17. The van der Waals surface area contributed by atoms with Crippen molar-refractivity contribution in [2.24, 2.45) is 0 Å². The van der Waals surface area contributed by atoms with Gasteiger partial charge in [0.25, 0.3) is 0 Å². The highest BCUT2D eigenvalue weighted by Gasteiger charge is 1.98. The molecular formula is C20H25N. The van der Waals surface area contributed by atoms with Crippen LogP contribution < -0.4 is 5.32 Å². The first-order chi connectivity index (χ1) is 10.3. The summed E-state index contributed by atoms with van der Waals surface area (Å²) < 4.78 is 0. The van der Waals surface area contributed by atoms with Crippen molar-refractivity contribution in [2.75, 3.05) is 13.1 Å². The van der Waals surface area contributed by atoms with Gasteiger partial charge in [0.05, 0.1) is 0 Å². The minimum atomic E-state index is 0.951. The lowest BCUT2D eigenvalue weighted by atomic mass is 10.0. The molecule has 0 radical (unpaired) electrons. The number of hydrogen-bond acceptors (Lipinski definition) is 1. The topological polar surface area (TPSA) is 12.0 Å². The molecule has 0 heterocycles. The minimum absolute atomic E-state index is 0.951. The molecule has 0 aliphatic rings. The van der Waals surface area contributed by atoms with Crippen molar-refractivity contribution in [3.8, 4) is 11.1 Å². The molecule has 0 unspecified atom stereocenters. The molecule has 2 aromatic rings. The average molecular weight is 279 g/mol. The lowest BCUT2D eigenvalue weighted by Gasteiger charge is -2.06. The van der Waals surface area contributed by atoms with E-state index in [0.717, 1.165) is 13.1 Å². The largest absolute Gasteiger partial charge is 0.313 e. The Morgan fingerprint density at radius 1 is 0.952 bits per heavy atom. The van der Waals surface area contributed by atoms with Gasteiger partial charge in [-0.1, -0.05) is 74.0 Å². The number of hydrogen-bond donors (Lipinski definition) is 1. The highest BCUT2D eigenvalue weighted by molar-refractivity contribution is 5.69. The summed E-state index contributed by atoms with van der Waals surface area (Å²) in [4.78, 5) is 0. The van der Waals surface area contributed by atoms with E-state index in [2.05, 4.69) is 79.8 Å². The lowest BCUT2D eigenvalue weighted by Crippen LogP contribution is -2.14. The van der Waals surface area contributed by atoms with Crippen LogP contribution in [0.4, 0.5) is 0 Å². The summed E-state index contributed by atoms with van der Waals surface area (Å²) >= 11 is 0. The Balaban J connectivity index is 1.97. The Labute approximate surface area is 128 Å². The van der Waals surface area contributed by atoms with Gasteiger partial charge in [0.2, 0.25) is 0 Å². The molecule has 0 saturated heterocycles. The number of allylic oxidation sites excluding steroid dienone is 1. The predicted octanol–water partition coefficient (Wildman–Crippen LogP) is 5.15. The van der Waals surface area contributed by atoms with Crippen molar-refractivity contribution < 1.29 is 0 Å². The molecule has 0 aromatic heterocycles. The summed E-state index contributed by atoms with van der Waals surface area (Å²) in [6, 6.07) is 19.3. The van der Waals surface area contributed by atoms with Crippen molar-refractivity contribution in [3.05, 3.63) is 66.2 Å². The molecule has 2 aromatic carbocycles. The average Bonchev–Trinajstić information content (AvgIpc) is 2.55. The third-order valence-corrected chi connectivity index (χ3v) is 3.71. The molecule has 2 rings (SSSR count). The first-order valence-corrected chi connectivity index (χ1v) is 7.84. The van der Waals surface area contributed by atoms with Crippen LogP contribution in [0.1, 0.15) is 32.3 Å². The molecule has 1 nitrogen and oxygen atoms in total. The first kappa shape index (κ1) is 15.5. The maximum atomic E-state index is 3.45. The van der Waals surface area contributed by atoms with Gasteiger partial charge in [-0.2, -0.15) is 0 Å². The summed E-state index contributed by atoms with van der Waals surface area (Å²) in [6.07, 6.45) is 4.77. The first-order valence-electron chi connectivity index (χ1n) is 7.84. The zero-order valence-electron chi connectivity index (χ0n) is 13.1. The summed E-state index contributed by atoms with van der Waals surface area (Å²) in [5.74, 6) is 0. The molecule has 0 bridgehead atoms. The zero-order chi connectivity index (χ0) is 14.9. The zero-order valence-corrected chi connectivity index (χ0v) is 13.1. The van der Waals surface area contributed by atoms with Gasteiger partial charge in [-0.15, -0.1) is 0 Å². The summed E-state index contributed by atoms with van der Waals surface area (Å²) in [6.45, 7) is 6.45. The second-order valence-corrected chi connectivity index (χ2v) is 5.39. The van der Waals surface area contributed by atoms with Crippen LogP contribution in [0, 0.1) is 0 Å². The van der Waals surface area contributed by atoms with Gasteiger partial charge in [-0.25, -0.2) is 0 Å². The molecule has 0 fully saturated rings. The van der Waals surface area contributed by atoms with Crippen LogP contribution in [-0.2, 0) is 0 Å². The van der Waals surface area contributed by atoms with Crippen molar-refractivity contribution >= 4 is 5.57 Å². The smallest absolute Gasteiger partial charge is 0.0140 e. The maximum absolute atomic E-state index is 3.45. The highest BCUT2D eigenvalue weighted by Crippen LogP contribution is 2.21. The molecule has 0 atom stereocenters. The fourth-order valence-electron chi connectivity index (χ4n) is 2.30. The van der Waals surface area contributed by atoms with E-state index >= 15 is 0 Å². The standard InChI is InChI=1S/C20H25N/c1-3-4-15-21-16-14-17(2)18-10-12-20(13-11-18)19-8-6-5-7-9-19/h5-14,21H,3-4,15-16H2,1-2H3. The predicted molar refractivity (Wildman–Crippen MR) is 93.3 cm³/mol. The number of unbranched alkanes of at least 4 members (excludes halogenated alkanes) is 1. The number of benzene rings is 2. The van der Waals surface area contributed by atoms with E-state index in [1.54, 1.807) is 0 Å². The molecule has 110 valence electrons. The van der Waals surface area contributed by atoms with Crippen molar-refractivity contribution in [2.45, 2.75) is 26.7 Å². The van der Waals surface area contributed by atoms with Gasteiger partial charge in [0.15, 0.2) is 0 Å². The Kier molecular flexibility index (Phi) is 6.23. The van der Waals surface area contributed by atoms with Gasteiger partial charge in [0, 0.05) is 6.54 Å². The van der Waals surface area contributed by atoms with E-state index in [0.29, 0.717) is 0 Å². The maximum Gasteiger partial charge on any atom is 0.0140 e. The van der Waals surface area contributed by atoms with Gasteiger partial charge < -0.3 is 5.32 Å². The molecule has 1 N–H and O–H groups in total. The van der Waals surface area contributed by atoms with Crippen molar-refractivity contribution in [3.63, 3.8) is 0 Å². The van der Waals surface area contributed by atoms with Crippen LogP contribution in [0.5, 0.6) is 0 Å². The van der Waals surface area contributed by atoms with Gasteiger partial charge in [-0.3, -0.25) is 0 Å². The molecule has 21 heavy (non-hydrogen) atoms. The van der Waals surface area contributed by atoms with Gasteiger partial charge in [0.1, 0.15) is 0 Å². The third-order valence-electron chi connectivity index (χ3n) is 3.71. The van der Waals surface area contributed by atoms with Gasteiger partial charge >= 0.3 is 0 Å². The normalized spacial score (nSPS) is 11.6. The van der Waals surface area contributed by atoms with Crippen LogP contribution >= 0.6 is 0 Å². The van der Waals surface area contributed by atoms with E-state index in [9.17, 15) is 0 Å². The molecule has 0 amide bonds. The van der Waals surface area contributed by atoms with Crippen LogP contribution in [0.3, 0.4) is 0 Å². The van der Waals surface area contributed by atoms with E-state index in [-0.39, 0.29) is 0 Å². The van der Waals surface area contributed by atoms with Crippen LogP contribution in [0.25, 0.3) is 16.7 Å². The minimum Gasteiger partial charge on any atom is -0.313 e. The fourth-order valence-corrected chi connectivity index (χ4v) is 2.30. The summed E-state index contributed by atoms with van der Waals surface area (Å²) in [7, 11) is 0. The highest BCUT2D eigenvalue weighted by atomic mass is 14.8. The van der Waals surface area contributed by atoms with Gasteiger partial charge in [-0.05, 0) is 42.2 Å². The second-order valence-electron chi connectivity index (χ2n) is 5.39. The van der Waals surface area contributed by atoms with Crippen molar-refractivity contribution in [1.82, 2.24) is 5.32 Å². The van der Waals surface area contributed by atoms with E-state index < -0.39 is 0 Å². The van der Waals surface area contributed by atoms with E-state index in [1.807, 2.05) is 0 Å². The van der Waals surface area contributed by atoms with Crippen LogP contribution in [-0.4, -0.2) is 13.1 Å². The fraction of sp³-hybridized carbons (Fsp3) is 0.300. The third kappa shape index (κ3) is 4.87. The molecule has 0 aliphatic carbocycles. The quantitative estimate of drug-likeness (QED) is 0.691. The van der Waals surface area contributed by atoms with Crippen LogP contribution in [0.2, 0.25) is 0 Å². The van der Waals surface area contributed by atoms with E-state index in [1.165, 1.54) is 35.1 Å². The summed E-state index contributed by atoms with van der Waals surface area (Å²) in [5, 5.41) is 3.45. The molecule has 0 aliphatic heterocycles. The number of nitrogens with one attached hydrogen (secondary N) is 1. The Hall–Kier alpha value is -1.86. The Morgan fingerprint density at radius 2 is 1.62 bits per heavy atom. The molecule has 1 heteroatoms. The Bertz CT molecular complexity index is 552. The second kappa shape index (κ2) is 8.43. The molecule has 0 spiro atoms. The lowest BCUT2D eigenvalue weighted by molar-refractivity contribution is 0.681. The molecular weight excluding hydrogens is 254 g/mol. The monoisotopic (exact) mass is 279 g/mol. The number of rotatable bonds is 7. The molecule has 0 saturated carbocycles. The van der Waals surface area contributed by atoms with E-state index in [4.69, 9.17) is 0 Å². The van der Waals surface area contributed by atoms with Crippen LogP contribution in [0.15, 0.2) is 60.7 Å².